The number of hydrazine groups is 1. The molecule has 0 atom stereocenters. The van der Waals surface area contributed by atoms with E-state index in [1.165, 1.54) is 6.07 Å². The third kappa shape index (κ3) is 5.39. The van der Waals surface area contributed by atoms with Gasteiger partial charge in [0.1, 0.15) is 5.82 Å². The Labute approximate surface area is 109 Å². The van der Waals surface area contributed by atoms with Crippen LogP contribution in [-0.2, 0) is 4.79 Å². The summed E-state index contributed by atoms with van der Waals surface area (Å²) in [4.78, 5) is 11.8. The molecule has 0 spiro atoms. The zero-order valence-electron chi connectivity index (χ0n) is 9.21. The van der Waals surface area contributed by atoms with Gasteiger partial charge in [0.05, 0.1) is 5.02 Å². The van der Waals surface area contributed by atoms with E-state index >= 15 is 0 Å². The molecule has 1 amide bonds. The minimum atomic E-state index is -0.407. The summed E-state index contributed by atoms with van der Waals surface area (Å²) in [6, 6.07) is 4.65. The average molecular weight is 277 g/mol. The third-order valence-corrected chi connectivity index (χ3v) is 3.49. The highest BCUT2D eigenvalue weighted by Gasteiger charge is 2.02. The van der Waals surface area contributed by atoms with Gasteiger partial charge in [0.25, 0.3) is 0 Å². The van der Waals surface area contributed by atoms with E-state index in [4.69, 9.17) is 17.4 Å². The lowest BCUT2D eigenvalue weighted by Crippen LogP contribution is -2.29. The molecule has 3 N–H and O–H groups in total. The van der Waals surface area contributed by atoms with E-state index < -0.39 is 5.82 Å². The summed E-state index contributed by atoms with van der Waals surface area (Å²) in [5, 5.41) is 0.137. The quantitative estimate of drug-likeness (QED) is 0.276. The number of nitrogens with two attached hydrogens (primary N) is 1. The van der Waals surface area contributed by atoms with Crippen LogP contribution in [0.25, 0.3) is 0 Å². The zero-order valence-corrected chi connectivity index (χ0v) is 10.8. The number of hydrogen-bond acceptors (Lipinski definition) is 3. The summed E-state index contributed by atoms with van der Waals surface area (Å²) >= 11 is 7.25. The molecule has 6 heteroatoms. The van der Waals surface area contributed by atoms with Gasteiger partial charge in [-0.3, -0.25) is 10.2 Å². The molecule has 1 aromatic carbocycles. The second kappa shape index (κ2) is 7.53. The second-order valence-electron chi connectivity index (χ2n) is 3.45. The van der Waals surface area contributed by atoms with Crippen LogP contribution in [0.2, 0.25) is 5.02 Å². The number of unbranched alkanes of at least 4 members (excludes halogenated alkanes) is 1. The molecular weight excluding hydrogens is 263 g/mol. The molecule has 0 aliphatic carbocycles. The number of halogens is 2. The summed E-state index contributed by atoms with van der Waals surface area (Å²) in [5.74, 6) is 5.25. The van der Waals surface area contributed by atoms with E-state index in [9.17, 15) is 9.18 Å². The van der Waals surface area contributed by atoms with Crippen LogP contribution in [0, 0.1) is 5.82 Å². The lowest BCUT2D eigenvalue weighted by atomic mass is 10.2. The number of amides is 1. The fourth-order valence-corrected chi connectivity index (χ4v) is 2.41. The van der Waals surface area contributed by atoms with Gasteiger partial charge >= 0.3 is 0 Å². The van der Waals surface area contributed by atoms with Crippen LogP contribution in [0.3, 0.4) is 0 Å². The van der Waals surface area contributed by atoms with Crippen molar-refractivity contribution in [2.45, 2.75) is 24.2 Å². The summed E-state index contributed by atoms with van der Waals surface area (Å²) in [6.07, 6.45) is 2.11. The van der Waals surface area contributed by atoms with Crippen molar-refractivity contribution in [2.24, 2.45) is 5.84 Å². The van der Waals surface area contributed by atoms with Gasteiger partial charge in [0, 0.05) is 11.3 Å². The smallest absolute Gasteiger partial charge is 0.233 e. The number of carbonyl (C=O) groups excluding carboxylic acids is 1. The maximum Gasteiger partial charge on any atom is 0.233 e. The fraction of sp³-hybridized carbons (Fsp3) is 0.364. The first-order valence-electron chi connectivity index (χ1n) is 5.21. The highest BCUT2D eigenvalue weighted by atomic mass is 35.5. The molecule has 0 heterocycles. The normalized spacial score (nSPS) is 10.3. The van der Waals surface area contributed by atoms with Crippen molar-refractivity contribution in [2.75, 3.05) is 5.75 Å². The number of thioether (sulfide) groups is 1. The second-order valence-corrected chi connectivity index (χ2v) is 5.02. The first kappa shape index (κ1) is 14.3. The molecule has 1 aromatic rings. The van der Waals surface area contributed by atoms with E-state index in [-0.39, 0.29) is 10.9 Å². The molecule has 0 radical (unpaired) electrons. The molecule has 0 bridgehead atoms. The monoisotopic (exact) mass is 276 g/mol. The van der Waals surface area contributed by atoms with Crippen molar-refractivity contribution in [3.63, 3.8) is 0 Å². The Balaban J connectivity index is 2.22. The molecular formula is C11H14ClFN2OS. The first-order chi connectivity index (χ1) is 8.13. The van der Waals surface area contributed by atoms with Crippen LogP contribution in [0.5, 0.6) is 0 Å². The highest BCUT2D eigenvalue weighted by Crippen LogP contribution is 2.24. The lowest BCUT2D eigenvalue weighted by molar-refractivity contribution is -0.121. The standard InChI is InChI=1S/C11H14ClFN2OS/c12-9-7-8(4-5-10(9)13)17-6-2-1-3-11(16)15-14/h4-5,7H,1-3,6,14H2,(H,15,16). The Kier molecular flexibility index (Phi) is 6.32. The molecule has 0 saturated heterocycles. The van der Waals surface area contributed by atoms with Crippen LogP contribution < -0.4 is 11.3 Å². The van der Waals surface area contributed by atoms with Crippen molar-refractivity contribution in [3.05, 3.63) is 29.0 Å². The average Bonchev–Trinajstić information content (AvgIpc) is 2.33. The van der Waals surface area contributed by atoms with Crippen molar-refractivity contribution >= 4 is 29.3 Å². The Morgan fingerprint density at radius 2 is 2.24 bits per heavy atom. The molecule has 0 saturated carbocycles. The van der Waals surface area contributed by atoms with Crippen molar-refractivity contribution in [3.8, 4) is 0 Å². The third-order valence-electron chi connectivity index (χ3n) is 2.12. The number of rotatable bonds is 6. The molecule has 0 aliphatic rings. The molecule has 1 rings (SSSR count). The number of nitrogens with one attached hydrogen (secondary N) is 1. The molecule has 94 valence electrons. The summed E-state index contributed by atoms with van der Waals surface area (Å²) in [7, 11) is 0. The van der Waals surface area contributed by atoms with Gasteiger partial charge in [0.2, 0.25) is 5.91 Å². The van der Waals surface area contributed by atoms with Crippen LogP contribution in [-0.4, -0.2) is 11.7 Å². The fourth-order valence-electron chi connectivity index (χ4n) is 1.22. The van der Waals surface area contributed by atoms with Gasteiger partial charge in [-0.25, -0.2) is 10.2 Å². The van der Waals surface area contributed by atoms with E-state index in [1.54, 1.807) is 23.9 Å². The Morgan fingerprint density at radius 3 is 2.88 bits per heavy atom. The van der Waals surface area contributed by atoms with Gasteiger partial charge < -0.3 is 0 Å². The minimum Gasteiger partial charge on any atom is -0.294 e. The largest absolute Gasteiger partial charge is 0.294 e. The summed E-state index contributed by atoms with van der Waals surface area (Å²) in [6.45, 7) is 0. The van der Waals surface area contributed by atoms with E-state index in [0.29, 0.717) is 6.42 Å². The maximum absolute atomic E-state index is 12.9. The van der Waals surface area contributed by atoms with Gasteiger partial charge in [0.15, 0.2) is 0 Å². The predicted molar refractivity (Wildman–Crippen MR) is 68.3 cm³/mol. The van der Waals surface area contributed by atoms with Gasteiger partial charge in [-0.05, 0) is 36.8 Å². The Bertz CT molecular complexity index is 390. The van der Waals surface area contributed by atoms with Crippen molar-refractivity contribution < 1.29 is 9.18 Å². The Morgan fingerprint density at radius 1 is 1.47 bits per heavy atom. The highest BCUT2D eigenvalue weighted by molar-refractivity contribution is 7.99. The van der Waals surface area contributed by atoms with E-state index in [2.05, 4.69) is 5.43 Å². The lowest BCUT2D eigenvalue weighted by Gasteiger charge is -2.03. The van der Waals surface area contributed by atoms with E-state index in [0.717, 1.165) is 23.5 Å². The van der Waals surface area contributed by atoms with Crippen molar-refractivity contribution in [1.82, 2.24) is 5.43 Å². The predicted octanol–water partition coefficient (Wildman–Crippen LogP) is 2.73. The first-order valence-corrected chi connectivity index (χ1v) is 6.57. The van der Waals surface area contributed by atoms with Crippen LogP contribution in [0.4, 0.5) is 4.39 Å². The topological polar surface area (TPSA) is 55.1 Å². The van der Waals surface area contributed by atoms with Gasteiger partial charge in [-0.1, -0.05) is 11.6 Å². The Hall–Kier alpha value is -0.780. The van der Waals surface area contributed by atoms with Gasteiger partial charge in [-0.15, -0.1) is 11.8 Å². The maximum atomic E-state index is 12.9. The van der Waals surface area contributed by atoms with Gasteiger partial charge in [-0.2, -0.15) is 0 Å². The van der Waals surface area contributed by atoms with Crippen LogP contribution in [0.1, 0.15) is 19.3 Å². The molecule has 0 aliphatic heterocycles. The number of carbonyl (C=O) groups is 1. The van der Waals surface area contributed by atoms with Crippen molar-refractivity contribution in [1.29, 1.82) is 0 Å². The number of hydrogen-bond donors (Lipinski definition) is 2. The SMILES string of the molecule is NNC(=O)CCCCSc1ccc(F)c(Cl)c1. The molecule has 0 fully saturated rings. The summed E-state index contributed by atoms with van der Waals surface area (Å²) in [5.41, 5.74) is 2.08. The summed E-state index contributed by atoms with van der Waals surface area (Å²) < 4.78 is 12.9. The van der Waals surface area contributed by atoms with E-state index in [1.807, 2.05) is 0 Å². The molecule has 0 unspecified atom stereocenters. The molecule has 17 heavy (non-hydrogen) atoms. The minimum absolute atomic E-state index is 0.137. The molecule has 0 aromatic heterocycles. The molecule has 3 nitrogen and oxygen atoms in total. The van der Waals surface area contributed by atoms with Crippen LogP contribution >= 0.6 is 23.4 Å². The van der Waals surface area contributed by atoms with Crippen LogP contribution in [0.15, 0.2) is 23.1 Å². The zero-order chi connectivity index (χ0) is 12.7. The number of benzene rings is 1.